The number of imide groups is 1. The van der Waals surface area contributed by atoms with Gasteiger partial charge < -0.3 is 9.84 Å². The van der Waals surface area contributed by atoms with Gasteiger partial charge in [-0.25, -0.2) is 4.79 Å². The summed E-state index contributed by atoms with van der Waals surface area (Å²) >= 11 is 0. The maximum atomic E-state index is 12.9. The van der Waals surface area contributed by atoms with Crippen LogP contribution in [0.25, 0.3) is 0 Å². The first kappa shape index (κ1) is 17.2. The topological polar surface area (TPSA) is 75.4 Å². The van der Waals surface area contributed by atoms with E-state index in [9.17, 15) is 9.59 Å². The summed E-state index contributed by atoms with van der Waals surface area (Å²) in [6, 6.07) is 9.20. The summed E-state index contributed by atoms with van der Waals surface area (Å²) in [4.78, 5) is 26.5. The van der Waals surface area contributed by atoms with Crippen LogP contribution in [0.4, 0.5) is 4.79 Å². The highest BCUT2D eigenvalue weighted by molar-refractivity contribution is 6.07. The van der Waals surface area contributed by atoms with E-state index in [-0.39, 0.29) is 11.9 Å². The normalized spacial score (nSPS) is 20.2. The van der Waals surface area contributed by atoms with Crippen LogP contribution in [0, 0.1) is 6.92 Å². The molecule has 1 aliphatic heterocycles. The van der Waals surface area contributed by atoms with Gasteiger partial charge in [0.15, 0.2) is 0 Å². The SMILES string of the molecule is CCc1cc(CCCN2C(=O)NC(C)(c3ccccc3C)C2=O)on1. The van der Waals surface area contributed by atoms with Gasteiger partial charge in [0.2, 0.25) is 0 Å². The molecule has 1 saturated heterocycles. The number of urea groups is 1. The van der Waals surface area contributed by atoms with E-state index in [0.29, 0.717) is 19.4 Å². The van der Waals surface area contributed by atoms with Crippen molar-refractivity contribution in [1.29, 1.82) is 0 Å². The minimum atomic E-state index is -1.01. The monoisotopic (exact) mass is 341 g/mol. The molecule has 0 aliphatic carbocycles. The Kier molecular flexibility index (Phi) is 4.61. The Morgan fingerprint density at radius 3 is 2.72 bits per heavy atom. The molecule has 1 aliphatic rings. The molecule has 0 saturated carbocycles. The first-order chi connectivity index (χ1) is 12.0. The average Bonchev–Trinajstić information content (AvgIpc) is 3.13. The van der Waals surface area contributed by atoms with E-state index in [1.807, 2.05) is 44.2 Å². The minimum absolute atomic E-state index is 0.210. The van der Waals surface area contributed by atoms with Gasteiger partial charge in [0.25, 0.3) is 5.91 Å². The quantitative estimate of drug-likeness (QED) is 0.820. The molecule has 1 fully saturated rings. The van der Waals surface area contributed by atoms with Crippen LogP contribution in [0.15, 0.2) is 34.9 Å². The molecule has 2 heterocycles. The van der Waals surface area contributed by atoms with Crippen molar-refractivity contribution >= 4 is 11.9 Å². The molecule has 2 aromatic rings. The molecular formula is C19H23N3O3. The standard InChI is InChI=1S/C19H23N3O3/c1-4-14-12-15(25-21-14)9-7-11-22-17(23)19(3,20-18(22)24)16-10-6-5-8-13(16)2/h5-6,8,10,12H,4,7,9,11H2,1-3H3,(H,20,24). The highest BCUT2D eigenvalue weighted by atomic mass is 16.5. The van der Waals surface area contributed by atoms with Crippen molar-refractivity contribution in [3.05, 3.63) is 52.9 Å². The highest BCUT2D eigenvalue weighted by Gasteiger charge is 2.49. The Hall–Kier alpha value is -2.63. The summed E-state index contributed by atoms with van der Waals surface area (Å²) in [5.41, 5.74) is 1.72. The van der Waals surface area contributed by atoms with Crippen LogP contribution in [0.2, 0.25) is 0 Å². The van der Waals surface area contributed by atoms with Gasteiger partial charge in [-0.05, 0) is 37.8 Å². The van der Waals surface area contributed by atoms with Crippen molar-refractivity contribution in [2.24, 2.45) is 0 Å². The van der Waals surface area contributed by atoms with E-state index < -0.39 is 5.54 Å². The van der Waals surface area contributed by atoms with Crippen molar-refractivity contribution in [2.75, 3.05) is 6.54 Å². The van der Waals surface area contributed by atoms with Gasteiger partial charge in [-0.1, -0.05) is 36.3 Å². The molecule has 1 aromatic heterocycles. The highest BCUT2D eigenvalue weighted by Crippen LogP contribution is 2.31. The molecule has 0 radical (unpaired) electrons. The van der Waals surface area contributed by atoms with E-state index in [0.717, 1.165) is 29.0 Å². The molecule has 132 valence electrons. The largest absolute Gasteiger partial charge is 0.361 e. The Morgan fingerprint density at radius 1 is 1.28 bits per heavy atom. The summed E-state index contributed by atoms with van der Waals surface area (Å²) in [7, 11) is 0. The third-order valence-corrected chi connectivity index (χ3v) is 4.73. The zero-order valence-corrected chi connectivity index (χ0v) is 14.8. The van der Waals surface area contributed by atoms with E-state index in [1.54, 1.807) is 6.92 Å². The molecular weight excluding hydrogens is 318 g/mol. The molecule has 1 N–H and O–H groups in total. The lowest BCUT2D eigenvalue weighted by Crippen LogP contribution is -2.41. The molecule has 1 atom stereocenters. The number of aryl methyl sites for hydroxylation is 3. The summed E-state index contributed by atoms with van der Waals surface area (Å²) < 4.78 is 5.25. The van der Waals surface area contributed by atoms with Gasteiger partial charge in [-0.3, -0.25) is 9.69 Å². The molecule has 1 aromatic carbocycles. The van der Waals surface area contributed by atoms with Crippen molar-refractivity contribution in [2.45, 2.75) is 45.6 Å². The second kappa shape index (κ2) is 6.70. The van der Waals surface area contributed by atoms with Crippen LogP contribution in [-0.2, 0) is 23.2 Å². The lowest BCUT2D eigenvalue weighted by molar-refractivity contribution is -0.131. The van der Waals surface area contributed by atoms with E-state index in [1.165, 1.54) is 4.90 Å². The lowest BCUT2D eigenvalue weighted by Gasteiger charge is -2.24. The third kappa shape index (κ3) is 3.16. The summed E-state index contributed by atoms with van der Waals surface area (Å²) in [5, 5.41) is 6.80. The second-order valence-electron chi connectivity index (χ2n) is 6.57. The van der Waals surface area contributed by atoms with E-state index in [4.69, 9.17) is 4.52 Å². The smallest absolute Gasteiger partial charge is 0.325 e. The lowest BCUT2D eigenvalue weighted by atomic mass is 9.88. The number of hydrogen-bond acceptors (Lipinski definition) is 4. The maximum Gasteiger partial charge on any atom is 0.325 e. The summed E-state index contributed by atoms with van der Waals surface area (Å²) in [5.74, 6) is 0.573. The third-order valence-electron chi connectivity index (χ3n) is 4.73. The van der Waals surface area contributed by atoms with Crippen molar-refractivity contribution in [1.82, 2.24) is 15.4 Å². The maximum absolute atomic E-state index is 12.9. The summed E-state index contributed by atoms with van der Waals surface area (Å²) in [6.45, 7) is 6.08. The van der Waals surface area contributed by atoms with Crippen molar-refractivity contribution < 1.29 is 14.1 Å². The fourth-order valence-corrected chi connectivity index (χ4v) is 3.27. The average molecular weight is 341 g/mol. The fraction of sp³-hybridized carbons (Fsp3) is 0.421. The molecule has 6 heteroatoms. The first-order valence-corrected chi connectivity index (χ1v) is 8.60. The Bertz CT molecular complexity index is 799. The van der Waals surface area contributed by atoms with Crippen LogP contribution in [0.5, 0.6) is 0 Å². The number of nitrogens with one attached hydrogen (secondary N) is 1. The number of carbonyl (C=O) groups is 2. The first-order valence-electron chi connectivity index (χ1n) is 8.60. The van der Waals surface area contributed by atoms with Crippen molar-refractivity contribution in [3.63, 3.8) is 0 Å². The number of benzene rings is 1. The van der Waals surface area contributed by atoms with E-state index in [2.05, 4.69) is 10.5 Å². The van der Waals surface area contributed by atoms with Crippen LogP contribution in [-0.4, -0.2) is 28.5 Å². The van der Waals surface area contributed by atoms with E-state index >= 15 is 0 Å². The minimum Gasteiger partial charge on any atom is -0.361 e. The Balaban J connectivity index is 1.68. The van der Waals surface area contributed by atoms with Gasteiger partial charge in [-0.2, -0.15) is 0 Å². The predicted octanol–water partition coefficient (Wildman–Crippen LogP) is 2.95. The molecule has 3 amide bonds. The van der Waals surface area contributed by atoms with Crippen molar-refractivity contribution in [3.8, 4) is 0 Å². The molecule has 6 nitrogen and oxygen atoms in total. The van der Waals surface area contributed by atoms with Crippen LogP contribution in [0.3, 0.4) is 0 Å². The Labute approximate surface area is 147 Å². The predicted molar refractivity (Wildman–Crippen MR) is 93.0 cm³/mol. The zero-order valence-electron chi connectivity index (χ0n) is 14.8. The number of aromatic nitrogens is 1. The summed E-state index contributed by atoms with van der Waals surface area (Å²) in [6.07, 6.45) is 2.11. The molecule has 0 spiro atoms. The number of hydrogen-bond donors (Lipinski definition) is 1. The zero-order chi connectivity index (χ0) is 18.0. The fourth-order valence-electron chi connectivity index (χ4n) is 3.27. The number of amides is 3. The Morgan fingerprint density at radius 2 is 2.04 bits per heavy atom. The molecule has 1 unspecified atom stereocenters. The van der Waals surface area contributed by atoms with Crippen LogP contribution in [0.1, 0.15) is 42.8 Å². The van der Waals surface area contributed by atoms with Crippen LogP contribution < -0.4 is 5.32 Å². The number of nitrogens with zero attached hydrogens (tertiary/aromatic N) is 2. The number of rotatable bonds is 6. The molecule has 0 bridgehead atoms. The van der Waals surface area contributed by atoms with Gasteiger partial charge >= 0.3 is 6.03 Å². The molecule has 25 heavy (non-hydrogen) atoms. The molecule has 3 rings (SSSR count). The van der Waals surface area contributed by atoms with Gasteiger partial charge in [0, 0.05) is 19.0 Å². The number of carbonyl (C=O) groups excluding carboxylic acids is 2. The van der Waals surface area contributed by atoms with Gasteiger partial charge in [0.05, 0.1) is 5.69 Å². The second-order valence-corrected chi connectivity index (χ2v) is 6.57. The van der Waals surface area contributed by atoms with Gasteiger partial charge in [0.1, 0.15) is 11.3 Å². The van der Waals surface area contributed by atoms with Gasteiger partial charge in [-0.15, -0.1) is 0 Å². The van der Waals surface area contributed by atoms with Crippen LogP contribution >= 0.6 is 0 Å².